The fourth-order valence-corrected chi connectivity index (χ4v) is 3.92. The quantitative estimate of drug-likeness (QED) is 0.904. The number of aromatic hydroxyl groups is 1. The molecule has 0 spiro atoms. The third-order valence-electron chi connectivity index (χ3n) is 4.38. The SMILES string of the molecule is CC[C@H](OC)C(=O)N1CCOc2c(O)cc(-c3ccc(C)s3)cc2C1. The summed E-state index contributed by atoms with van der Waals surface area (Å²) < 4.78 is 11.0. The highest BCUT2D eigenvalue weighted by molar-refractivity contribution is 7.15. The Morgan fingerprint density at radius 1 is 1.44 bits per heavy atom. The van der Waals surface area contributed by atoms with Crippen LogP contribution in [-0.4, -0.2) is 42.3 Å². The first-order valence-electron chi connectivity index (χ1n) is 8.40. The molecule has 1 amide bonds. The van der Waals surface area contributed by atoms with Crippen LogP contribution in [0.15, 0.2) is 24.3 Å². The van der Waals surface area contributed by atoms with E-state index < -0.39 is 6.10 Å². The second-order valence-corrected chi connectivity index (χ2v) is 7.42. The van der Waals surface area contributed by atoms with Gasteiger partial charge in [-0.05, 0) is 43.2 Å². The molecule has 0 unspecified atom stereocenters. The van der Waals surface area contributed by atoms with Gasteiger partial charge in [-0.2, -0.15) is 0 Å². The van der Waals surface area contributed by atoms with Crippen LogP contribution in [-0.2, 0) is 16.1 Å². The van der Waals surface area contributed by atoms with Crippen LogP contribution >= 0.6 is 11.3 Å². The number of phenols is 1. The first-order chi connectivity index (χ1) is 12.0. The summed E-state index contributed by atoms with van der Waals surface area (Å²) >= 11 is 1.67. The van der Waals surface area contributed by atoms with Gasteiger partial charge in [0.1, 0.15) is 12.7 Å². The second kappa shape index (κ2) is 7.45. The monoisotopic (exact) mass is 361 g/mol. The number of nitrogens with zero attached hydrogens (tertiary/aromatic N) is 1. The molecule has 0 aliphatic carbocycles. The Kier molecular flexibility index (Phi) is 5.30. The van der Waals surface area contributed by atoms with Gasteiger partial charge in [0.25, 0.3) is 5.91 Å². The Morgan fingerprint density at radius 3 is 2.88 bits per heavy atom. The summed E-state index contributed by atoms with van der Waals surface area (Å²) in [6, 6.07) is 7.82. The van der Waals surface area contributed by atoms with E-state index in [0.29, 0.717) is 31.9 Å². The molecule has 3 rings (SSSR count). The van der Waals surface area contributed by atoms with Gasteiger partial charge in [-0.3, -0.25) is 4.79 Å². The van der Waals surface area contributed by atoms with Crippen LogP contribution in [0, 0.1) is 6.92 Å². The maximum Gasteiger partial charge on any atom is 0.252 e. The highest BCUT2D eigenvalue weighted by atomic mass is 32.1. The molecule has 0 bridgehead atoms. The molecule has 2 heterocycles. The molecule has 1 aromatic heterocycles. The Morgan fingerprint density at radius 2 is 2.24 bits per heavy atom. The van der Waals surface area contributed by atoms with Crippen LogP contribution in [0.2, 0.25) is 0 Å². The largest absolute Gasteiger partial charge is 0.504 e. The van der Waals surface area contributed by atoms with Crippen LogP contribution in [0.1, 0.15) is 23.8 Å². The smallest absolute Gasteiger partial charge is 0.252 e. The number of hydrogen-bond donors (Lipinski definition) is 1. The number of phenolic OH excluding ortho intramolecular Hbond substituents is 1. The van der Waals surface area contributed by atoms with E-state index in [0.717, 1.165) is 16.0 Å². The molecule has 5 nitrogen and oxygen atoms in total. The minimum absolute atomic E-state index is 0.0432. The molecule has 1 N–H and O–H groups in total. The molecule has 134 valence electrons. The fraction of sp³-hybridized carbons (Fsp3) is 0.421. The highest BCUT2D eigenvalue weighted by Crippen LogP contribution is 2.39. The van der Waals surface area contributed by atoms with E-state index >= 15 is 0 Å². The van der Waals surface area contributed by atoms with Gasteiger partial charge in [0, 0.05) is 29.0 Å². The predicted octanol–water partition coefficient (Wildman–Crippen LogP) is 3.58. The number of methoxy groups -OCH3 is 1. The van der Waals surface area contributed by atoms with E-state index in [-0.39, 0.29) is 11.7 Å². The molecular formula is C19H23NO4S. The Bertz CT molecular complexity index is 767. The third-order valence-corrected chi connectivity index (χ3v) is 5.43. The zero-order chi connectivity index (χ0) is 18.0. The molecule has 0 saturated heterocycles. The number of thiophene rings is 1. The van der Waals surface area contributed by atoms with E-state index in [1.165, 1.54) is 4.88 Å². The molecule has 0 fully saturated rings. The number of ether oxygens (including phenoxy) is 2. The number of amides is 1. The van der Waals surface area contributed by atoms with Gasteiger partial charge in [0.2, 0.25) is 0 Å². The van der Waals surface area contributed by atoms with Crippen molar-refractivity contribution in [3.8, 4) is 21.9 Å². The maximum absolute atomic E-state index is 12.7. The molecule has 1 aromatic carbocycles. The zero-order valence-corrected chi connectivity index (χ0v) is 15.6. The van der Waals surface area contributed by atoms with E-state index in [1.807, 2.05) is 19.1 Å². The molecule has 0 radical (unpaired) electrons. The predicted molar refractivity (Wildman–Crippen MR) is 98.2 cm³/mol. The van der Waals surface area contributed by atoms with E-state index in [4.69, 9.17) is 9.47 Å². The molecule has 1 aliphatic rings. The number of aryl methyl sites for hydroxylation is 1. The number of carbonyl (C=O) groups is 1. The lowest BCUT2D eigenvalue weighted by Crippen LogP contribution is -2.40. The zero-order valence-electron chi connectivity index (χ0n) is 14.7. The van der Waals surface area contributed by atoms with E-state index in [1.54, 1.807) is 29.4 Å². The summed E-state index contributed by atoms with van der Waals surface area (Å²) in [5.41, 5.74) is 1.75. The van der Waals surface area contributed by atoms with Crippen molar-refractivity contribution in [1.82, 2.24) is 4.90 Å². The van der Waals surface area contributed by atoms with Gasteiger partial charge >= 0.3 is 0 Å². The van der Waals surface area contributed by atoms with Crippen molar-refractivity contribution in [1.29, 1.82) is 0 Å². The van der Waals surface area contributed by atoms with Crippen molar-refractivity contribution in [2.75, 3.05) is 20.3 Å². The molecule has 1 aliphatic heterocycles. The number of hydrogen-bond acceptors (Lipinski definition) is 5. The van der Waals surface area contributed by atoms with Crippen LogP contribution in [0.4, 0.5) is 0 Å². The lowest BCUT2D eigenvalue weighted by atomic mass is 10.1. The number of rotatable bonds is 4. The normalized spacial score (nSPS) is 15.2. The minimum atomic E-state index is -0.446. The van der Waals surface area contributed by atoms with Gasteiger partial charge in [0.05, 0.1) is 6.54 Å². The third kappa shape index (κ3) is 3.65. The standard InChI is InChI=1S/C19H23NO4S/c1-4-16(23-3)19(22)20-7-8-24-18-14(11-20)9-13(10-15(18)21)17-6-5-12(2)25-17/h5-6,9-10,16,21H,4,7-8,11H2,1-3H3/t16-/m0/s1. The Balaban J connectivity index is 1.94. The minimum Gasteiger partial charge on any atom is -0.504 e. The van der Waals surface area contributed by atoms with E-state index in [2.05, 4.69) is 13.0 Å². The van der Waals surface area contributed by atoms with E-state index in [9.17, 15) is 9.90 Å². The number of benzene rings is 1. The van der Waals surface area contributed by atoms with Gasteiger partial charge in [-0.15, -0.1) is 11.3 Å². The van der Waals surface area contributed by atoms with Crippen molar-refractivity contribution in [3.63, 3.8) is 0 Å². The maximum atomic E-state index is 12.7. The lowest BCUT2D eigenvalue weighted by Gasteiger charge is -2.24. The van der Waals surface area contributed by atoms with Crippen molar-refractivity contribution in [2.45, 2.75) is 32.9 Å². The van der Waals surface area contributed by atoms with Crippen LogP contribution in [0.3, 0.4) is 0 Å². The number of carbonyl (C=O) groups excluding carboxylic acids is 1. The number of fused-ring (bicyclic) bond motifs is 1. The summed E-state index contributed by atoms with van der Waals surface area (Å²) in [7, 11) is 1.55. The molecular weight excluding hydrogens is 338 g/mol. The highest BCUT2D eigenvalue weighted by Gasteiger charge is 2.27. The first-order valence-corrected chi connectivity index (χ1v) is 9.22. The molecule has 6 heteroatoms. The fourth-order valence-electron chi connectivity index (χ4n) is 3.06. The Labute approximate surface area is 151 Å². The first kappa shape index (κ1) is 17.8. The second-order valence-electron chi connectivity index (χ2n) is 6.13. The lowest BCUT2D eigenvalue weighted by molar-refractivity contribution is -0.142. The van der Waals surface area contributed by atoms with Gasteiger partial charge in [-0.1, -0.05) is 6.92 Å². The van der Waals surface area contributed by atoms with Crippen LogP contribution in [0.5, 0.6) is 11.5 Å². The summed E-state index contributed by atoms with van der Waals surface area (Å²) in [6.07, 6.45) is 0.178. The molecule has 1 atom stereocenters. The van der Waals surface area contributed by atoms with Crippen molar-refractivity contribution in [3.05, 3.63) is 34.7 Å². The average molecular weight is 361 g/mol. The Hall–Kier alpha value is -2.05. The molecule has 25 heavy (non-hydrogen) atoms. The molecule has 2 aromatic rings. The van der Waals surface area contributed by atoms with Crippen LogP contribution < -0.4 is 4.74 Å². The van der Waals surface area contributed by atoms with Crippen molar-refractivity contribution < 1.29 is 19.4 Å². The van der Waals surface area contributed by atoms with Crippen LogP contribution in [0.25, 0.3) is 10.4 Å². The van der Waals surface area contributed by atoms with Gasteiger partial charge < -0.3 is 19.5 Å². The van der Waals surface area contributed by atoms with Crippen molar-refractivity contribution >= 4 is 17.2 Å². The van der Waals surface area contributed by atoms with Crippen molar-refractivity contribution in [2.24, 2.45) is 0 Å². The summed E-state index contributed by atoms with van der Waals surface area (Å²) in [5, 5.41) is 10.4. The summed E-state index contributed by atoms with van der Waals surface area (Å²) in [6.45, 7) is 5.21. The topological polar surface area (TPSA) is 59.0 Å². The van der Waals surface area contributed by atoms with Gasteiger partial charge in [-0.25, -0.2) is 0 Å². The molecule has 0 saturated carbocycles. The van der Waals surface area contributed by atoms with Gasteiger partial charge in [0.15, 0.2) is 11.5 Å². The summed E-state index contributed by atoms with van der Waals surface area (Å²) in [5.74, 6) is 0.544. The average Bonchev–Trinajstić information content (AvgIpc) is 2.91. The summed E-state index contributed by atoms with van der Waals surface area (Å²) in [4.78, 5) is 16.7.